The van der Waals surface area contributed by atoms with Crippen molar-refractivity contribution in [2.24, 2.45) is 0 Å². The van der Waals surface area contributed by atoms with Crippen LogP contribution in [0, 0.1) is 12.7 Å². The maximum Gasteiger partial charge on any atom is 0.257 e. The van der Waals surface area contributed by atoms with Crippen molar-refractivity contribution >= 4 is 11.9 Å². The van der Waals surface area contributed by atoms with E-state index in [9.17, 15) is 9.18 Å². The monoisotopic (exact) mass is 344 g/mol. The van der Waals surface area contributed by atoms with E-state index >= 15 is 0 Å². The van der Waals surface area contributed by atoms with Gasteiger partial charge in [0.2, 0.25) is 5.95 Å². The number of ether oxygens (including phenoxy) is 1. The number of halogens is 1. The lowest BCUT2D eigenvalue weighted by Gasteiger charge is -2.33. The molecule has 1 aliphatic heterocycles. The van der Waals surface area contributed by atoms with E-state index in [2.05, 4.69) is 9.97 Å². The molecule has 132 valence electrons. The number of morpholine rings is 1. The van der Waals surface area contributed by atoms with Gasteiger partial charge in [-0.25, -0.2) is 14.4 Å². The number of amides is 1. The number of benzene rings is 1. The maximum absolute atomic E-state index is 13.1. The largest absolute Gasteiger partial charge is 0.370 e. The van der Waals surface area contributed by atoms with Gasteiger partial charge < -0.3 is 14.5 Å². The fourth-order valence-electron chi connectivity index (χ4n) is 2.76. The first-order valence-electron chi connectivity index (χ1n) is 8.13. The molecule has 0 aliphatic carbocycles. The van der Waals surface area contributed by atoms with Gasteiger partial charge >= 0.3 is 0 Å². The minimum Gasteiger partial charge on any atom is -0.370 e. The molecule has 1 amide bonds. The zero-order chi connectivity index (χ0) is 18.0. The minimum absolute atomic E-state index is 0.113. The van der Waals surface area contributed by atoms with Crippen molar-refractivity contribution in [2.75, 3.05) is 38.7 Å². The average Bonchev–Trinajstić information content (AvgIpc) is 2.61. The zero-order valence-electron chi connectivity index (χ0n) is 14.6. The molecule has 2 heterocycles. The van der Waals surface area contributed by atoms with Crippen molar-refractivity contribution in [3.63, 3.8) is 0 Å². The quantitative estimate of drug-likeness (QED) is 0.854. The molecule has 1 fully saturated rings. The van der Waals surface area contributed by atoms with E-state index in [1.807, 2.05) is 14.1 Å². The van der Waals surface area contributed by atoms with Crippen LogP contribution in [0.4, 0.5) is 10.3 Å². The molecule has 6 nitrogen and oxygen atoms in total. The number of carbonyl (C=O) groups excluding carboxylic acids is 1. The summed E-state index contributed by atoms with van der Waals surface area (Å²) in [6.45, 7) is 3.16. The van der Waals surface area contributed by atoms with Crippen LogP contribution in [0.5, 0.6) is 0 Å². The summed E-state index contributed by atoms with van der Waals surface area (Å²) in [6, 6.07) is 6.18. The number of aromatic nitrogens is 2. The molecule has 0 bridgehead atoms. The lowest BCUT2D eigenvalue weighted by molar-refractivity contribution is -0.0229. The Bertz CT molecular complexity index is 764. The van der Waals surface area contributed by atoms with Crippen LogP contribution in [0.25, 0.3) is 0 Å². The summed E-state index contributed by atoms with van der Waals surface area (Å²) in [6.07, 6.45) is 1.31. The Balaban J connectivity index is 1.77. The summed E-state index contributed by atoms with van der Waals surface area (Å²) in [5, 5.41) is 0. The fraction of sp³-hybridized carbons (Fsp3) is 0.389. The van der Waals surface area contributed by atoms with Crippen molar-refractivity contribution in [1.82, 2.24) is 14.9 Å². The first kappa shape index (κ1) is 17.3. The maximum atomic E-state index is 13.1. The van der Waals surface area contributed by atoms with Crippen LogP contribution in [-0.2, 0) is 4.74 Å². The van der Waals surface area contributed by atoms with Gasteiger partial charge in [0.25, 0.3) is 5.91 Å². The Labute approximate surface area is 146 Å². The molecular weight excluding hydrogens is 323 g/mol. The van der Waals surface area contributed by atoms with E-state index in [0.717, 1.165) is 5.56 Å². The smallest absolute Gasteiger partial charge is 0.257 e. The van der Waals surface area contributed by atoms with Crippen molar-refractivity contribution in [1.29, 1.82) is 0 Å². The van der Waals surface area contributed by atoms with Gasteiger partial charge in [-0.05, 0) is 24.6 Å². The highest BCUT2D eigenvalue weighted by atomic mass is 19.1. The molecule has 0 unspecified atom stereocenters. The molecule has 2 aromatic rings. The van der Waals surface area contributed by atoms with Crippen molar-refractivity contribution in [3.8, 4) is 0 Å². The van der Waals surface area contributed by atoms with Gasteiger partial charge in [-0.3, -0.25) is 4.79 Å². The molecule has 1 aromatic heterocycles. The van der Waals surface area contributed by atoms with Gasteiger partial charge in [-0.1, -0.05) is 12.1 Å². The lowest BCUT2D eigenvalue weighted by atomic mass is 10.1. The van der Waals surface area contributed by atoms with E-state index in [-0.39, 0.29) is 17.8 Å². The summed E-state index contributed by atoms with van der Waals surface area (Å²) in [5.74, 6) is 0.166. The highest BCUT2D eigenvalue weighted by Crippen LogP contribution is 2.24. The fourth-order valence-corrected chi connectivity index (χ4v) is 2.76. The summed E-state index contributed by atoms with van der Waals surface area (Å²) in [7, 11) is 3.71. The van der Waals surface area contributed by atoms with Gasteiger partial charge in [-0.15, -0.1) is 0 Å². The molecule has 0 N–H and O–H groups in total. The summed E-state index contributed by atoms with van der Waals surface area (Å²) in [4.78, 5) is 25.0. The Morgan fingerprint density at radius 1 is 1.32 bits per heavy atom. The van der Waals surface area contributed by atoms with Crippen LogP contribution >= 0.6 is 0 Å². The van der Waals surface area contributed by atoms with Gasteiger partial charge in [0, 0.05) is 26.8 Å². The third-order valence-electron chi connectivity index (χ3n) is 4.19. The number of rotatable bonds is 3. The molecular formula is C18H21FN4O2. The molecule has 0 saturated carbocycles. The summed E-state index contributed by atoms with van der Waals surface area (Å²) < 4.78 is 18.8. The first-order chi connectivity index (χ1) is 12.0. The number of anilines is 1. The predicted molar refractivity (Wildman–Crippen MR) is 92.1 cm³/mol. The second-order valence-electron chi connectivity index (χ2n) is 6.23. The number of carbonyl (C=O) groups is 1. The van der Waals surface area contributed by atoms with Gasteiger partial charge in [0.15, 0.2) is 0 Å². The van der Waals surface area contributed by atoms with E-state index in [4.69, 9.17) is 4.74 Å². The van der Waals surface area contributed by atoms with Crippen molar-refractivity contribution < 1.29 is 13.9 Å². The summed E-state index contributed by atoms with van der Waals surface area (Å²) >= 11 is 0. The van der Waals surface area contributed by atoms with Gasteiger partial charge in [0.1, 0.15) is 11.9 Å². The molecule has 3 rings (SSSR count). The van der Waals surface area contributed by atoms with Crippen LogP contribution in [0.3, 0.4) is 0 Å². The predicted octanol–water partition coefficient (Wildman–Crippen LogP) is 2.20. The summed E-state index contributed by atoms with van der Waals surface area (Å²) in [5.41, 5.74) is 1.99. The second kappa shape index (κ2) is 7.14. The van der Waals surface area contributed by atoms with E-state index in [1.54, 1.807) is 35.1 Å². The van der Waals surface area contributed by atoms with Gasteiger partial charge in [-0.2, -0.15) is 0 Å². The third-order valence-corrected chi connectivity index (χ3v) is 4.19. The highest BCUT2D eigenvalue weighted by Gasteiger charge is 2.27. The van der Waals surface area contributed by atoms with Crippen LogP contribution in [0.1, 0.15) is 27.7 Å². The zero-order valence-corrected chi connectivity index (χ0v) is 14.6. The standard InChI is InChI=1S/C18H21FN4O2/c1-12-15(10-20-18(21-12)22(2)3)17(24)23-8-9-25-16(11-23)13-4-6-14(19)7-5-13/h4-7,10,16H,8-9,11H2,1-3H3/t16-/m0/s1. The van der Waals surface area contributed by atoms with E-state index in [1.165, 1.54) is 12.1 Å². The third kappa shape index (κ3) is 3.76. The van der Waals surface area contributed by atoms with E-state index in [0.29, 0.717) is 36.9 Å². The topological polar surface area (TPSA) is 58.6 Å². The van der Waals surface area contributed by atoms with Crippen molar-refractivity contribution in [3.05, 3.63) is 53.1 Å². The number of hydrogen-bond donors (Lipinski definition) is 0. The van der Waals surface area contributed by atoms with Crippen LogP contribution in [-0.4, -0.2) is 54.6 Å². The van der Waals surface area contributed by atoms with Crippen molar-refractivity contribution in [2.45, 2.75) is 13.0 Å². The number of nitrogens with zero attached hydrogens (tertiary/aromatic N) is 4. The normalized spacial score (nSPS) is 17.4. The highest BCUT2D eigenvalue weighted by molar-refractivity contribution is 5.95. The van der Waals surface area contributed by atoms with E-state index < -0.39 is 0 Å². The molecule has 0 radical (unpaired) electrons. The molecule has 1 aliphatic rings. The van der Waals surface area contributed by atoms with Crippen LogP contribution in [0.2, 0.25) is 0 Å². The minimum atomic E-state index is -0.291. The molecule has 0 spiro atoms. The average molecular weight is 344 g/mol. The Kier molecular flexibility index (Phi) is 4.94. The van der Waals surface area contributed by atoms with Crippen LogP contribution in [0.15, 0.2) is 30.5 Å². The molecule has 7 heteroatoms. The first-order valence-corrected chi connectivity index (χ1v) is 8.13. The molecule has 25 heavy (non-hydrogen) atoms. The number of hydrogen-bond acceptors (Lipinski definition) is 5. The Morgan fingerprint density at radius 2 is 2.04 bits per heavy atom. The number of aryl methyl sites for hydroxylation is 1. The van der Waals surface area contributed by atoms with Gasteiger partial charge in [0.05, 0.1) is 24.4 Å². The molecule has 1 aromatic carbocycles. The molecule has 1 atom stereocenters. The molecule has 1 saturated heterocycles. The Hall–Kier alpha value is -2.54. The lowest BCUT2D eigenvalue weighted by Crippen LogP contribution is -2.42. The SMILES string of the molecule is Cc1nc(N(C)C)ncc1C(=O)N1CCO[C@H](c2ccc(F)cc2)C1. The second-order valence-corrected chi connectivity index (χ2v) is 6.23. The Morgan fingerprint density at radius 3 is 2.68 bits per heavy atom. The van der Waals surface area contributed by atoms with Crippen LogP contribution < -0.4 is 4.90 Å².